The fourth-order valence-corrected chi connectivity index (χ4v) is 3.57. The molecule has 3 aromatic rings. The van der Waals surface area contributed by atoms with Gasteiger partial charge in [0, 0.05) is 11.5 Å². The third-order valence-corrected chi connectivity index (χ3v) is 4.86. The molecular formula is C16H19N3OS. The van der Waals surface area contributed by atoms with Gasteiger partial charge >= 0.3 is 0 Å². The summed E-state index contributed by atoms with van der Waals surface area (Å²) in [6.07, 6.45) is 4.25. The van der Waals surface area contributed by atoms with Crippen LogP contribution < -0.4 is 4.74 Å². The highest BCUT2D eigenvalue weighted by atomic mass is 32.1. The van der Waals surface area contributed by atoms with Gasteiger partial charge < -0.3 is 4.74 Å². The van der Waals surface area contributed by atoms with Crippen LogP contribution in [0.2, 0.25) is 0 Å². The van der Waals surface area contributed by atoms with Crippen LogP contribution in [0.4, 0.5) is 0 Å². The molecule has 1 aromatic carbocycles. The van der Waals surface area contributed by atoms with E-state index in [1.165, 1.54) is 5.01 Å². The number of imidazole rings is 1. The van der Waals surface area contributed by atoms with Crippen LogP contribution in [0.25, 0.3) is 16.2 Å². The molecule has 2 heterocycles. The van der Waals surface area contributed by atoms with Gasteiger partial charge in [-0.05, 0) is 37.1 Å². The Kier molecular flexibility index (Phi) is 3.92. The molecule has 3 rings (SSSR count). The Bertz CT molecular complexity index is 694. The van der Waals surface area contributed by atoms with Crippen molar-refractivity contribution in [1.29, 1.82) is 0 Å². The van der Waals surface area contributed by atoms with Crippen molar-refractivity contribution in [3.05, 3.63) is 35.5 Å². The highest BCUT2D eigenvalue weighted by molar-refractivity contribution is 7.16. The number of fused-ring (bicyclic) bond motifs is 1. The Hall–Kier alpha value is -1.88. The molecule has 0 N–H and O–H groups in total. The topological polar surface area (TPSA) is 39.4 Å². The molecule has 0 atom stereocenters. The SMILES string of the molecule is CCC(CC)c1nn2cc(-c3ccc(OC)cc3)nc2s1. The molecule has 0 amide bonds. The second-order valence-corrected chi connectivity index (χ2v) is 6.02. The minimum Gasteiger partial charge on any atom is -0.497 e. The highest BCUT2D eigenvalue weighted by Crippen LogP contribution is 2.29. The van der Waals surface area contributed by atoms with Crippen LogP contribution in [0.5, 0.6) is 5.75 Å². The molecule has 5 heteroatoms. The van der Waals surface area contributed by atoms with E-state index in [1.54, 1.807) is 18.4 Å². The second kappa shape index (κ2) is 5.85. The average molecular weight is 301 g/mol. The van der Waals surface area contributed by atoms with Crippen LogP contribution in [0, 0.1) is 0 Å². The predicted octanol–water partition coefficient (Wildman–Crippen LogP) is 4.37. The van der Waals surface area contributed by atoms with E-state index in [2.05, 4.69) is 23.9 Å². The summed E-state index contributed by atoms with van der Waals surface area (Å²) in [6, 6.07) is 7.94. The third kappa shape index (κ3) is 2.65. The van der Waals surface area contributed by atoms with Crippen LogP contribution >= 0.6 is 11.3 Å². The van der Waals surface area contributed by atoms with Crippen molar-refractivity contribution in [2.75, 3.05) is 7.11 Å². The van der Waals surface area contributed by atoms with Crippen molar-refractivity contribution >= 4 is 16.3 Å². The Balaban J connectivity index is 1.92. The number of ether oxygens (including phenoxy) is 1. The number of aromatic nitrogens is 3. The lowest BCUT2D eigenvalue weighted by Crippen LogP contribution is -1.95. The first-order valence-corrected chi connectivity index (χ1v) is 8.07. The van der Waals surface area contributed by atoms with Crippen LogP contribution in [-0.2, 0) is 0 Å². The third-order valence-electron chi connectivity index (χ3n) is 3.78. The minimum atomic E-state index is 0.543. The summed E-state index contributed by atoms with van der Waals surface area (Å²) < 4.78 is 7.08. The number of hydrogen-bond acceptors (Lipinski definition) is 4. The van der Waals surface area contributed by atoms with E-state index in [0.717, 1.165) is 34.8 Å². The smallest absolute Gasteiger partial charge is 0.212 e. The summed E-state index contributed by atoms with van der Waals surface area (Å²) in [4.78, 5) is 5.65. The zero-order valence-corrected chi connectivity index (χ0v) is 13.4. The minimum absolute atomic E-state index is 0.543. The van der Waals surface area contributed by atoms with E-state index >= 15 is 0 Å². The van der Waals surface area contributed by atoms with Crippen LogP contribution in [-0.4, -0.2) is 21.7 Å². The molecule has 0 radical (unpaired) electrons. The Morgan fingerprint density at radius 1 is 1.19 bits per heavy atom. The first kappa shape index (κ1) is 14.1. The van der Waals surface area contributed by atoms with Crippen molar-refractivity contribution in [2.45, 2.75) is 32.6 Å². The van der Waals surface area contributed by atoms with Crippen molar-refractivity contribution in [1.82, 2.24) is 14.6 Å². The molecule has 21 heavy (non-hydrogen) atoms. The molecule has 4 nitrogen and oxygen atoms in total. The quantitative estimate of drug-likeness (QED) is 0.702. The first-order valence-electron chi connectivity index (χ1n) is 7.25. The van der Waals surface area contributed by atoms with Crippen molar-refractivity contribution in [3.8, 4) is 17.0 Å². The van der Waals surface area contributed by atoms with Gasteiger partial charge in [-0.15, -0.1) is 0 Å². The fraction of sp³-hybridized carbons (Fsp3) is 0.375. The van der Waals surface area contributed by atoms with Gasteiger partial charge in [-0.2, -0.15) is 5.10 Å². The van der Waals surface area contributed by atoms with E-state index in [9.17, 15) is 0 Å². The standard InChI is InChI=1S/C16H19N3OS/c1-4-11(5-2)15-18-19-10-14(17-16(19)21-15)12-6-8-13(20-3)9-7-12/h6-11H,4-5H2,1-3H3. The summed E-state index contributed by atoms with van der Waals surface area (Å²) in [5.74, 6) is 1.40. The lowest BCUT2D eigenvalue weighted by atomic mass is 10.1. The van der Waals surface area contributed by atoms with Gasteiger partial charge in [0.1, 0.15) is 10.8 Å². The van der Waals surface area contributed by atoms with E-state index in [0.29, 0.717) is 5.92 Å². The zero-order valence-electron chi connectivity index (χ0n) is 12.5. The zero-order chi connectivity index (χ0) is 14.8. The molecule has 0 unspecified atom stereocenters. The van der Waals surface area contributed by atoms with Crippen molar-refractivity contribution < 1.29 is 4.74 Å². The predicted molar refractivity (Wildman–Crippen MR) is 86.2 cm³/mol. The number of benzene rings is 1. The average Bonchev–Trinajstić information content (AvgIpc) is 3.07. The molecule has 0 bridgehead atoms. The molecule has 0 saturated heterocycles. The number of nitrogens with zero attached hydrogens (tertiary/aromatic N) is 3. The Morgan fingerprint density at radius 3 is 2.48 bits per heavy atom. The number of rotatable bonds is 5. The molecule has 0 aliphatic carbocycles. The number of methoxy groups -OCH3 is 1. The van der Waals surface area contributed by atoms with Gasteiger partial charge in [-0.1, -0.05) is 25.2 Å². The normalized spacial score (nSPS) is 11.4. The molecule has 0 saturated carbocycles. The summed E-state index contributed by atoms with van der Waals surface area (Å²) in [5.41, 5.74) is 2.03. The van der Waals surface area contributed by atoms with Gasteiger partial charge in [-0.3, -0.25) is 0 Å². The van der Waals surface area contributed by atoms with Gasteiger partial charge in [0.15, 0.2) is 0 Å². The largest absolute Gasteiger partial charge is 0.497 e. The lowest BCUT2D eigenvalue weighted by molar-refractivity contribution is 0.415. The molecule has 110 valence electrons. The van der Waals surface area contributed by atoms with Crippen molar-refractivity contribution in [2.24, 2.45) is 0 Å². The first-order chi connectivity index (χ1) is 10.2. The van der Waals surface area contributed by atoms with Crippen molar-refractivity contribution in [3.63, 3.8) is 0 Å². The maximum absolute atomic E-state index is 5.18. The van der Waals surface area contributed by atoms with E-state index in [4.69, 9.17) is 4.74 Å². The van der Waals surface area contributed by atoms with Crippen LogP contribution in [0.3, 0.4) is 0 Å². The monoisotopic (exact) mass is 301 g/mol. The van der Waals surface area contributed by atoms with E-state index in [1.807, 2.05) is 35.0 Å². The van der Waals surface area contributed by atoms with Crippen LogP contribution in [0.1, 0.15) is 37.6 Å². The molecule has 0 spiro atoms. The summed E-state index contributed by atoms with van der Waals surface area (Å²) in [7, 11) is 1.67. The van der Waals surface area contributed by atoms with E-state index in [-0.39, 0.29) is 0 Å². The van der Waals surface area contributed by atoms with Crippen LogP contribution in [0.15, 0.2) is 30.5 Å². The van der Waals surface area contributed by atoms with Gasteiger partial charge in [0.25, 0.3) is 0 Å². The van der Waals surface area contributed by atoms with Gasteiger partial charge in [0.05, 0.1) is 19.0 Å². The summed E-state index contributed by atoms with van der Waals surface area (Å²) in [6.45, 7) is 4.42. The molecular weight excluding hydrogens is 282 g/mol. The number of hydrogen-bond donors (Lipinski definition) is 0. The summed E-state index contributed by atoms with van der Waals surface area (Å²) >= 11 is 1.69. The molecule has 2 aromatic heterocycles. The molecule has 0 aliphatic rings. The molecule has 0 aliphatic heterocycles. The van der Waals surface area contributed by atoms with Gasteiger partial charge in [0.2, 0.25) is 4.96 Å². The maximum Gasteiger partial charge on any atom is 0.212 e. The second-order valence-electron chi connectivity index (χ2n) is 5.04. The van der Waals surface area contributed by atoms with Gasteiger partial charge in [-0.25, -0.2) is 9.50 Å². The highest BCUT2D eigenvalue weighted by Gasteiger charge is 2.15. The Labute approximate surface area is 128 Å². The maximum atomic E-state index is 5.18. The summed E-state index contributed by atoms with van der Waals surface area (Å²) in [5, 5.41) is 5.87. The Morgan fingerprint density at radius 2 is 1.90 bits per heavy atom. The lowest BCUT2D eigenvalue weighted by Gasteiger charge is -2.06. The fourth-order valence-electron chi connectivity index (χ4n) is 2.42. The van der Waals surface area contributed by atoms with E-state index < -0.39 is 0 Å². The molecule has 0 fully saturated rings.